The molecule has 2 aromatic carbocycles. The maximum Gasteiger partial charge on any atom is 0.134 e. The first kappa shape index (κ1) is 21.2. The minimum atomic E-state index is 0.220. The van der Waals surface area contributed by atoms with E-state index >= 15 is 0 Å². The molecule has 0 aliphatic carbocycles. The molecule has 7 nitrogen and oxygen atoms in total. The lowest BCUT2D eigenvalue weighted by molar-refractivity contribution is 0.395. The topological polar surface area (TPSA) is 111 Å². The Morgan fingerprint density at radius 1 is 0.697 bits per heavy atom. The van der Waals surface area contributed by atoms with Gasteiger partial charge in [0.25, 0.3) is 0 Å². The van der Waals surface area contributed by atoms with Gasteiger partial charge >= 0.3 is 0 Å². The molecule has 4 N–H and O–H groups in total. The molecule has 4 heterocycles. The molecule has 4 unspecified atom stereocenters. The SMILES string of the molecule is Cc1c(Oc2c(C)c(CC3CO3)c(N)c(CC3CO3)c2CC2CO2)ccc(N)c1CC1CO1. The van der Waals surface area contributed by atoms with E-state index in [0.717, 1.165) is 108 Å². The number of nitrogens with two attached hydrogens (primary N) is 2. The minimum Gasteiger partial charge on any atom is -0.456 e. The average molecular weight is 453 g/mol. The van der Waals surface area contributed by atoms with Crippen molar-refractivity contribution in [3.8, 4) is 11.5 Å². The Morgan fingerprint density at radius 2 is 1.18 bits per heavy atom. The highest BCUT2D eigenvalue weighted by Gasteiger charge is 2.34. The van der Waals surface area contributed by atoms with Crippen LogP contribution >= 0.6 is 0 Å². The van der Waals surface area contributed by atoms with E-state index in [1.165, 1.54) is 0 Å². The highest BCUT2D eigenvalue weighted by molar-refractivity contribution is 5.68. The monoisotopic (exact) mass is 452 g/mol. The number of benzene rings is 2. The number of ether oxygens (including phenoxy) is 5. The van der Waals surface area contributed by atoms with E-state index in [0.29, 0.717) is 0 Å². The fraction of sp³-hybridized carbons (Fsp3) is 0.538. The van der Waals surface area contributed by atoms with Crippen LogP contribution in [0.1, 0.15) is 33.4 Å². The van der Waals surface area contributed by atoms with Gasteiger partial charge in [0.15, 0.2) is 0 Å². The van der Waals surface area contributed by atoms with Crippen LogP contribution in [0.4, 0.5) is 11.4 Å². The number of nitrogen functional groups attached to an aromatic ring is 2. The van der Waals surface area contributed by atoms with Crippen molar-refractivity contribution in [2.24, 2.45) is 0 Å². The minimum absolute atomic E-state index is 0.220. The molecule has 4 aliphatic rings. The van der Waals surface area contributed by atoms with Gasteiger partial charge in [0.05, 0.1) is 50.8 Å². The standard InChI is InChI=1S/C26H32N2O5/c1-13-19(5-15-9-29-15)23(27)3-4-24(13)33-26-14(2)20(6-16-10-30-16)25(28)21(7-17-11-31-17)22(26)8-18-12-32-18/h3-4,15-18H,5-12,27-28H2,1-2H3. The summed E-state index contributed by atoms with van der Waals surface area (Å²) in [4.78, 5) is 0. The zero-order chi connectivity index (χ0) is 22.7. The first-order valence-corrected chi connectivity index (χ1v) is 11.9. The molecule has 176 valence electrons. The first-order valence-electron chi connectivity index (χ1n) is 11.9. The molecule has 7 heteroatoms. The summed E-state index contributed by atoms with van der Waals surface area (Å²) in [7, 11) is 0. The van der Waals surface area contributed by atoms with Gasteiger partial charge in [-0.25, -0.2) is 0 Å². The summed E-state index contributed by atoms with van der Waals surface area (Å²) < 4.78 is 28.9. The first-order chi connectivity index (χ1) is 16.0. The van der Waals surface area contributed by atoms with E-state index < -0.39 is 0 Å². The van der Waals surface area contributed by atoms with Crippen molar-refractivity contribution in [3.63, 3.8) is 0 Å². The Labute approximate surface area is 194 Å². The molecule has 2 aromatic rings. The third-order valence-corrected chi connectivity index (χ3v) is 7.22. The van der Waals surface area contributed by atoms with Gasteiger partial charge in [-0.1, -0.05) is 0 Å². The molecule has 0 amide bonds. The molecule has 4 aliphatic heterocycles. The van der Waals surface area contributed by atoms with Gasteiger partial charge in [-0.3, -0.25) is 0 Å². The third kappa shape index (κ3) is 4.55. The van der Waals surface area contributed by atoms with Crippen LogP contribution in [0.5, 0.6) is 11.5 Å². The highest BCUT2D eigenvalue weighted by atomic mass is 16.6. The van der Waals surface area contributed by atoms with Gasteiger partial charge in [-0.2, -0.15) is 0 Å². The smallest absolute Gasteiger partial charge is 0.134 e. The van der Waals surface area contributed by atoms with Crippen LogP contribution in [0, 0.1) is 13.8 Å². The molecule has 4 saturated heterocycles. The molecule has 0 spiro atoms. The summed E-state index contributed by atoms with van der Waals surface area (Å²) in [5.74, 6) is 1.72. The number of anilines is 2. The van der Waals surface area contributed by atoms with Crippen molar-refractivity contribution in [1.29, 1.82) is 0 Å². The number of hydrogen-bond donors (Lipinski definition) is 2. The van der Waals surface area contributed by atoms with Gasteiger partial charge in [-0.05, 0) is 53.8 Å². The van der Waals surface area contributed by atoms with E-state index in [-0.39, 0.29) is 24.4 Å². The van der Waals surface area contributed by atoms with Gasteiger partial charge < -0.3 is 35.2 Å². The zero-order valence-electron chi connectivity index (χ0n) is 19.3. The molecule has 4 fully saturated rings. The summed E-state index contributed by atoms with van der Waals surface area (Å²) in [5, 5.41) is 0. The van der Waals surface area contributed by atoms with E-state index in [1.807, 2.05) is 12.1 Å². The second-order valence-electron chi connectivity index (χ2n) is 9.80. The number of rotatable bonds is 10. The molecule has 0 aromatic heterocycles. The molecular weight excluding hydrogens is 420 g/mol. The van der Waals surface area contributed by atoms with Crippen LogP contribution in [0.2, 0.25) is 0 Å². The van der Waals surface area contributed by atoms with Gasteiger partial charge in [0, 0.05) is 42.6 Å². The molecule has 6 rings (SSSR count). The third-order valence-electron chi connectivity index (χ3n) is 7.22. The summed E-state index contributed by atoms with van der Waals surface area (Å²) in [5.41, 5.74) is 21.4. The molecule has 33 heavy (non-hydrogen) atoms. The van der Waals surface area contributed by atoms with Crippen molar-refractivity contribution in [3.05, 3.63) is 45.5 Å². The maximum absolute atomic E-state index is 6.79. The van der Waals surface area contributed by atoms with Gasteiger partial charge in [-0.15, -0.1) is 0 Å². The van der Waals surface area contributed by atoms with Crippen LogP contribution in [0.15, 0.2) is 12.1 Å². The quantitative estimate of drug-likeness (QED) is 0.421. The van der Waals surface area contributed by atoms with Crippen molar-refractivity contribution in [2.75, 3.05) is 37.9 Å². The van der Waals surface area contributed by atoms with E-state index in [4.69, 9.17) is 35.2 Å². The van der Waals surface area contributed by atoms with Crippen LogP contribution in [-0.4, -0.2) is 50.8 Å². The Morgan fingerprint density at radius 3 is 1.73 bits per heavy atom. The van der Waals surface area contributed by atoms with Gasteiger partial charge in [0.2, 0.25) is 0 Å². The van der Waals surface area contributed by atoms with Crippen molar-refractivity contribution in [1.82, 2.24) is 0 Å². The summed E-state index contributed by atoms with van der Waals surface area (Å²) in [6.07, 6.45) is 4.16. The largest absolute Gasteiger partial charge is 0.456 e. The normalized spacial score (nSPS) is 26.8. The molecular formula is C26H32N2O5. The van der Waals surface area contributed by atoms with Crippen molar-refractivity contribution in [2.45, 2.75) is 63.9 Å². The van der Waals surface area contributed by atoms with Gasteiger partial charge in [0.1, 0.15) is 11.5 Å². The molecule has 0 radical (unpaired) electrons. The fourth-order valence-electron chi connectivity index (χ4n) is 4.80. The molecule has 0 saturated carbocycles. The average Bonchev–Trinajstić information content (AvgIpc) is 3.62. The Kier molecular flexibility index (Phi) is 5.25. The van der Waals surface area contributed by atoms with E-state index in [1.54, 1.807) is 0 Å². The zero-order valence-corrected chi connectivity index (χ0v) is 19.3. The second-order valence-corrected chi connectivity index (χ2v) is 9.80. The predicted molar refractivity (Wildman–Crippen MR) is 125 cm³/mol. The van der Waals surface area contributed by atoms with Crippen LogP contribution in [0.25, 0.3) is 0 Å². The fourth-order valence-corrected chi connectivity index (χ4v) is 4.80. The Bertz CT molecular complexity index is 1090. The second kappa shape index (κ2) is 8.17. The number of epoxide rings is 4. The maximum atomic E-state index is 6.79. The van der Waals surface area contributed by atoms with Crippen LogP contribution in [0.3, 0.4) is 0 Å². The predicted octanol–water partition coefficient (Wildman–Crippen LogP) is 3.03. The van der Waals surface area contributed by atoms with Crippen LogP contribution < -0.4 is 16.2 Å². The number of hydrogen-bond acceptors (Lipinski definition) is 7. The molecule has 0 bridgehead atoms. The Balaban J connectivity index is 1.44. The highest BCUT2D eigenvalue weighted by Crippen LogP contribution is 2.44. The van der Waals surface area contributed by atoms with Crippen LogP contribution in [-0.2, 0) is 44.6 Å². The lowest BCUT2D eigenvalue weighted by Gasteiger charge is -2.24. The van der Waals surface area contributed by atoms with E-state index in [9.17, 15) is 0 Å². The summed E-state index contributed by atoms with van der Waals surface area (Å²) >= 11 is 0. The summed E-state index contributed by atoms with van der Waals surface area (Å²) in [6, 6.07) is 3.91. The molecule has 4 atom stereocenters. The lowest BCUT2D eigenvalue weighted by Crippen LogP contribution is -2.14. The van der Waals surface area contributed by atoms with Crippen molar-refractivity contribution >= 4 is 11.4 Å². The summed E-state index contributed by atoms with van der Waals surface area (Å²) in [6.45, 7) is 7.35. The van der Waals surface area contributed by atoms with Crippen molar-refractivity contribution < 1.29 is 23.7 Å². The lowest BCUT2D eigenvalue weighted by atomic mass is 9.88. The Hall–Kier alpha value is -2.32. The van der Waals surface area contributed by atoms with E-state index in [2.05, 4.69) is 13.8 Å².